The Kier molecular flexibility index (Phi) is 2.93. The van der Waals surface area contributed by atoms with Gasteiger partial charge in [-0.3, -0.25) is 11.1 Å². The monoisotopic (exact) mass is 120 g/mol. The first-order valence-corrected chi connectivity index (χ1v) is 2.43. The molecule has 50 valence electrons. The zero-order chi connectivity index (χ0) is 6.62. The molecule has 0 aliphatic heterocycles. The zero-order valence-electron chi connectivity index (χ0n) is 4.89. The SMILES string of the molecule is CC(N)(O)NCCO. The van der Waals surface area contributed by atoms with Crippen LogP contribution in [0.2, 0.25) is 0 Å². The van der Waals surface area contributed by atoms with E-state index < -0.39 is 5.85 Å². The molecule has 8 heavy (non-hydrogen) atoms. The maximum atomic E-state index is 8.70. The number of nitrogens with one attached hydrogen (secondary N) is 1. The predicted molar refractivity (Wildman–Crippen MR) is 29.9 cm³/mol. The zero-order valence-corrected chi connectivity index (χ0v) is 4.89. The molecule has 4 heteroatoms. The maximum absolute atomic E-state index is 8.70. The van der Waals surface area contributed by atoms with Crippen LogP contribution in [-0.4, -0.2) is 29.2 Å². The van der Waals surface area contributed by atoms with E-state index in [0.717, 1.165) is 0 Å². The van der Waals surface area contributed by atoms with E-state index in [2.05, 4.69) is 5.32 Å². The molecule has 0 aromatic rings. The molecular weight excluding hydrogens is 108 g/mol. The van der Waals surface area contributed by atoms with E-state index in [1.165, 1.54) is 6.92 Å². The normalized spacial score (nSPS) is 18.0. The Morgan fingerprint density at radius 3 is 2.38 bits per heavy atom. The second-order valence-corrected chi connectivity index (χ2v) is 1.80. The van der Waals surface area contributed by atoms with Crippen molar-refractivity contribution < 1.29 is 10.2 Å². The van der Waals surface area contributed by atoms with Gasteiger partial charge in [-0.25, -0.2) is 0 Å². The number of aliphatic hydroxyl groups excluding tert-OH is 1. The molecular formula is C4H12N2O2. The number of aliphatic hydroxyl groups is 2. The molecule has 0 spiro atoms. The first kappa shape index (κ1) is 7.84. The van der Waals surface area contributed by atoms with Gasteiger partial charge in [0.15, 0.2) is 5.85 Å². The topological polar surface area (TPSA) is 78.5 Å². The van der Waals surface area contributed by atoms with Gasteiger partial charge in [-0.2, -0.15) is 0 Å². The Morgan fingerprint density at radius 2 is 2.25 bits per heavy atom. The van der Waals surface area contributed by atoms with E-state index in [9.17, 15) is 0 Å². The lowest BCUT2D eigenvalue weighted by atomic mass is 10.5. The fraction of sp³-hybridized carbons (Fsp3) is 1.00. The highest BCUT2D eigenvalue weighted by Gasteiger charge is 2.08. The van der Waals surface area contributed by atoms with Gasteiger partial charge in [0.25, 0.3) is 0 Å². The Balaban J connectivity index is 3.11. The van der Waals surface area contributed by atoms with Gasteiger partial charge in [-0.1, -0.05) is 0 Å². The van der Waals surface area contributed by atoms with Gasteiger partial charge in [-0.15, -0.1) is 0 Å². The second-order valence-electron chi connectivity index (χ2n) is 1.80. The van der Waals surface area contributed by atoms with Crippen LogP contribution < -0.4 is 11.1 Å². The minimum absolute atomic E-state index is 0.0205. The lowest BCUT2D eigenvalue weighted by Gasteiger charge is -2.17. The molecule has 0 heterocycles. The van der Waals surface area contributed by atoms with Crippen molar-refractivity contribution in [1.82, 2.24) is 5.32 Å². The van der Waals surface area contributed by atoms with Crippen molar-refractivity contribution in [3.05, 3.63) is 0 Å². The van der Waals surface area contributed by atoms with Crippen LogP contribution in [0.3, 0.4) is 0 Å². The molecule has 0 rings (SSSR count). The van der Waals surface area contributed by atoms with Gasteiger partial charge in [0.05, 0.1) is 6.61 Å². The molecule has 0 aliphatic carbocycles. The van der Waals surface area contributed by atoms with Crippen molar-refractivity contribution in [1.29, 1.82) is 0 Å². The Labute approximate surface area is 48.3 Å². The van der Waals surface area contributed by atoms with Crippen LogP contribution >= 0.6 is 0 Å². The molecule has 4 nitrogen and oxygen atoms in total. The molecule has 0 aromatic heterocycles. The molecule has 1 atom stereocenters. The summed E-state index contributed by atoms with van der Waals surface area (Å²) in [6.07, 6.45) is 0. The third-order valence-electron chi connectivity index (χ3n) is 0.595. The number of rotatable bonds is 3. The molecule has 0 saturated carbocycles. The lowest BCUT2D eigenvalue weighted by Crippen LogP contribution is -2.51. The first-order valence-electron chi connectivity index (χ1n) is 2.43. The molecule has 0 aromatic carbocycles. The fourth-order valence-electron chi connectivity index (χ4n) is 0.309. The van der Waals surface area contributed by atoms with Crippen LogP contribution in [0.4, 0.5) is 0 Å². The summed E-state index contributed by atoms with van der Waals surface area (Å²) in [5.41, 5.74) is 5.05. The summed E-state index contributed by atoms with van der Waals surface area (Å²) in [6, 6.07) is 0. The second kappa shape index (κ2) is 2.99. The van der Waals surface area contributed by atoms with Crippen LogP contribution in [0.15, 0.2) is 0 Å². The molecule has 5 N–H and O–H groups in total. The summed E-state index contributed by atoms with van der Waals surface area (Å²) in [5, 5.41) is 19.4. The highest BCUT2D eigenvalue weighted by Crippen LogP contribution is 1.80. The van der Waals surface area contributed by atoms with Gasteiger partial charge in [0, 0.05) is 6.54 Å². The van der Waals surface area contributed by atoms with Gasteiger partial charge < -0.3 is 10.2 Å². The van der Waals surface area contributed by atoms with Crippen LogP contribution in [0.1, 0.15) is 6.92 Å². The summed E-state index contributed by atoms with van der Waals surface area (Å²) < 4.78 is 0. The van der Waals surface area contributed by atoms with E-state index in [0.29, 0.717) is 6.54 Å². The van der Waals surface area contributed by atoms with E-state index in [-0.39, 0.29) is 6.61 Å². The highest BCUT2D eigenvalue weighted by molar-refractivity contribution is 4.57. The molecule has 0 bridgehead atoms. The van der Waals surface area contributed by atoms with Crippen molar-refractivity contribution >= 4 is 0 Å². The number of nitrogens with two attached hydrogens (primary N) is 1. The van der Waals surface area contributed by atoms with Gasteiger partial charge in [-0.05, 0) is 6.92 Å². The van der Waals surface area contributed by atoms with Crippen molar-refractivity contribution in [2.75, 3.05) is 13.2 Å². The fourth-order valence-corrected chi connectivity index (χ4v) is 0.309. The van der Waals surface area contributed by atoms with Crippen molar-refractivity contribution in [3.63, 3.8) is 0 Å². The molecule has 0 radical (unpaired) electrons. The standard InChI is InChI=1S/C4H12N2O2/c1-4(5,8)6-2-3-7/h6-8H,2-3,5H2,1H3. The average molecular weight is 120 g/mol. The summed E-state index contributed by atoms with van der Waals surface area (Å²) in [7, 11) is 0. The maximum Gasteiger partial charge on any atom is 0.166 e. The average Bonchev–Trinajstić information content (AvgIpc) is 1.59. The molecule has 0 aliphatic rings. The molecule has 0 fully saturated rings. The Bertz CT molecular complexity index is 59.5. The number of hydrogen-bond donors (Lipinski definition) is 4. The quantitative estimate of drug-likeness (QED) is 0.331. The van der Waals surface area contributed by atoms with Gasteiger partial charge in [0.2, 0.25) is 0 Å². The largest absolute Gasteiger partial charge is 0.395 e. The number of hydrogen-bond acceptors (Lipinski definition) is 4. The van der Waals surface area contributed by atoms with Crippen molar-refractivity contribution in [2.45, 2.75) is 12.8 Å². The van der Waals surface area contributed by atoms with Gasteiger partial charge in [0.1, 0.15) is 0 Å². The summed E-state index contributed by atoms with van der Waals surface area (Å²) in [6.45, 7) is 1.69. The van der Waals surface area contributed by atoms with E-state index in [4.69, 9.17) is 15.9 Å². The summed E-state index contributed by atoms with van der Waals surface area (Å²) in [5.74, 6) is -1.36. The lowest BCUT2D eigenvalue weighted by molar-refractivity contribution is 0.0266. The van der Waals surface area contributed by atoms with E-state index >= 15 is 0 Å². The van der Waals surface area contributed by atoms with E-state index in [1.54, 1.807) is 0 Å². The Hall–Kier alpha value is -0.160. The minimum Gasteiger partial charge on any atom is -0.395 e. The summed E-state index contributed by atoms with van der Waals surface area (Å²) in [4.78, 5) is 0. The molecule has 1 unspecified atom stereocenters. The smallest absolute Gasteiger partial charge is 0.166 e. The van der Waals surface area contributed by atoms with Crippen molar-refractivity contribution in [3.8, 4) is 0 Å². The third-order valence-corrected chi connectivity index (χ3v) is 0.595. The van der Waals surface area contributed by atoms with Crippen LogP contribution in [0, 0.1) is 0 Å². The summed E-state index contributed by atoms with van der Waals surface area (Å²) >= 11 is 0. The first-order chi connectivity index (χ1) is 3.56. The van der Waals surface area contributed by atoms with Crippen LogP contribution in [0.5, 0.6) is 0 Å². The van der Waals surface area contributed by atoms with Gasteiger partial charge >= 0.3 is 0 Å². The third kappa shape index (κ3) is 5.84. The Morgan fingerprint density at radius 1 is 1.75 bits per heavy atom. The van der Waals surface area contributed by atoms with Crippen molar-refractivity contribution in [2.24, 2.45) is 5.73 Å². The highest BCUT2D eigenvalue weighted by atomic mass is 16.3. The van der Waals surface area contributed by atoms with Crippen LogP contribution in [0.25, 0.3) is 0 Å². The molecule has 0 saturated heterocycles. The minimum atomic E-state index is -1.36. The van der Waals surface area contributed by atoms with Crippen LogP contribution in [-0.2, 0) is 0 Å². The van der Waals surface area contributed by atoms with E-state index in [1.807, 2.05) is 0 Å². The predicted octanol–water partition coefficient (Wildman–Crippen LogP) is -1.81. The molecule has 0 amide bonds.